The van der Waals surface area contributed by atoms with Crippen molar-refractivity contribution >= 4 is 88.9 Å². The van der Waals surface area contributed by atoms with Crippen molar-refractivity contribution in [2.45, 2.75) is 20.8 Å². The zero-order valence-electron chi connectivity index (χ0n) is 61.4. The maximum absolute atomic E-state index is 9.00. The van der Waals surface area contributed by atoms with Crippen LogP contribution in [-0.4, -0.2) is 60.9 Å². The first kappa shape index (κ1) is 85.0. The fourth-order valence-electron chi connectivity index (χ4n) is 10.2. The quantitative estimate of drug-likeness (QED) is 0.0697. The first-order valence-corrected chi connectivity index (χ1v) is 33.7. The van der Waals surface area contributed by atoms with Crippen LogP contribution in [0.2, 0.25) is 0 Å². The van der Waals surface area contributed by atoms with E-state index in [9.17, 15) is 0 Å². The summed E-state index contributed by atoms with van der Waals surface area (Å²) in [5, 5.41) is 18.7. The largest absolute Gasteiger partial charge is 2.00 e. The van der Waals surface area contributed by atoms with Gasteiger partial charge in [0, 0.05) is 205 Å². The minimum atomic E-state index is -0.833. The molecule has 8 aromatic heterocycles. The number of ether oxygens (including phenoxy) is 2. The van der Waals surface area contributed by atoms with E-state index in [4.69, 9.17) is 50.7 Å². The second kappa shape index (κ2) is 46.7. The van der Waals surface area contributed by atoms with Gasteiger partial charge in [0.2, 0.25) is 0 Å². The van der Waals surface area contributed by atoms with E-state index in [1.54, 1.807) is 19.3 Å². The van der Waals surface area contributed by atoms with Crippen molar-refractivity contribution in [2.24, 2.45) is 0 Å². The van der Waals surface area contributed by atoms with Gasteiger partial charge in [-0.1, -0.05) is 89.5 Å². The van der Waals surface area contributed by atoms with E-state index < -0.39 is 11.9 Å². The number of benzene rings is 6. The number of pyridine rings is 6. The molecule has 16 heteroatoms. The van der Waals surface area contributed by atoms with Crippen LogP contribution in [0, 0.1) is 238 Å². The number of nitrogens with zero attached hydrogens (tertiary/aromatic N) is 8. The molecule has 0 saturated carbocycles. The number of aliphatic carboxylic acids is 2. The van der Waals surface area contributed by atoms with Gasteiger partial charge in [0.25, 0.3) is 11.9 Å². The van der Waals surface area contributed by atoms with Crippen LogP contribution in [0.25, 0.3) is 99.5 Å². The third-order valence-electron chi connectivity index (χ3n) is 14.3. The van der Waals surface area contributed by atoms with E-state index in [1.165, 1.54) is 0 Å². The van der Waals surface area contributed by atoms with Crippen LogP contribution < -0.4 is 9.47 Å². The van der Waals surface area contributed by atoms with Gasteiger partial charge < -0.3 is 29.1 Å². The van der Waals surface area contributed by atoms with Crippen molar-refractivity contribution in [1.29, 1.82) is 0 Å². The average Bonchev–Trinajstić information content (AvgIpc) is 1.62. The Kier molecular flexibility index (Phi) is 33.9. The van der Waals surface area contributed by atoms with E-state index in [0.29, 0.717) is 11.5 Å². The zero-order chi connectivity index (χ0) is 80.3. The topological polar surface area (TPSA) is 179 Å². The molecule has 0 radical (unpaired) electrons. The van der Waals surface area contributed by atoms with Gasteiger partial charge in [-0.3, -0.25) is 33.9 Å². The van der Waals surface area contributed by atoms with Crippen molar-refractivity contribution in [2.75, 3.05) is 0 Å². The number of carbonyl (C=O) groups is 2. The van der Waals surface area contributed by atoms with E-state index in [0.717, 1.165) is 125 Å². The Balaban J connectivity index is 0.000000207. The summed E-state index contributed by atoms with van der Waals surface area (Å²) in [7, 11) is 0. The van der Waals surface area contributed by atoms with Gasteiger partial charge in [0.15, 0.2) is 0 Å². The maximum Gasteiger partial charge on any atom is 2.00 e. The smallest absolute Gasteiger partial charge is 0.497 e. The molecule has 0 atom stereocenters. The normalized spacial score (nSPS) is 8.43. The molecule has 0 fully saturated rings. The van der Waals surface area contributed by atoms with Crippen molar-refractivity contribution in [3.05, 3.63) is 219 Å². The number of fused-ring (bicyclic) bond motifs is 16. The maximum atomic E-state index is 9.00. The molecule has 0 aliphatic rings. The monoisotopic (exact) mass is 1680 g/mol. The number of para-hydroxylation sites is 4. The summed E-state index contributed by atoms with van der Waals surface area (Å²) in [4.78, 5) is 46.1. The van der Waals surface area contributed by atoms with Gasteiger partial charge in [0.05, 0.1) is 55.5 Å². The standard InChI is InChI=1S/C39H4.C29H18N4O.C29H16N4O.2C2H4O2.2Pd/c1-3-5-7-9-11-13-15-17-19-21-23-25-27-29-31-33-35-37-39-38-36-34-32-30-28-26-24-22-20-18-16-14-12-10-8-6-4-2;2*1-2-11-26-25(10-1)32-29-23-18-21(13-14-22(23)28-27(33(26)29)12-6-16-31-28)34-20-8-5-7-19(17-20)24-9-3-4-15-30-24;2*1-2(3)4;;/h1H,2H3;1-18H;1-16H;2*1H3,(H,3,4);;/q;;-2;;;;+2. The molecule has 0 bridgehead atoms. The van der Waals surface area contributed by atoms with Gasteiger partial charge in [0.1, 0.15) is 17.1 Å². The fourth-order valence-corrected chi connectivity index (χ4v) is 10.2. The third-order valence-corrected chi connectivity index (χ3v) is 14.3. The van der Waals surface area contributed by atoms with Gasteiger partial charge >= 0.3 is 20.4 Å². The molecule has 0 amide bonds. The Morgan fingerprint density at radius 1 is 0.368 bits per heavy atom. The molecule has 0 spiro atoms. The SMILES string of the molecule is C#CC#CC#CC#CC#CC#CC#CC#CC#CC#CC#CC#CC#CC#CC#CC#CC#CC#CC#CC.CC(=O)O.CC(=O)O.[Pd+2].[Pd].[c-]1c(Oc2[c-]c3c(cc2)c2ncccc2n2c4ccccc4nc32)cccc1-c1ccccn1.c1ccc(-c2cccc(Oc3ccc4c(c3)c3nc5ccccc5n3c3cccnc43)c2)nc1. The van der Waals surface area contributed by atoms with Crippen LogP contribution >= 0.6 is 0 Å². The number of carboxylic acid groups (broad SMARTS) is 2. The summed E-state index contributed by atoms with van der Waals surface area (Å²) in [5.41, 5.74) is 13.2. The number of hydrogen-bond donors (Lipinski definition) is 2. The zero-order valence-corrected chi connectivity index (χ0v) is 64.6. The van der Waals surface area contributed by atoms with Crippen molar-refractivity contribution < 1.29 is 70.1 Å². The second-order valence-corrected chi connectivity index (χ2v) is 22.0. The van der Waals surface area contributed by atoms with Crippen LogP contribution in [0.15, 0.2) is 207 Å². The Morgan fingerprint density at radius 2 is 0.761 bits per heavy atom. The summed E-state index contributed by atoms with van der Waals surface area (Å²) in [6, 6.07) is 66.7. The third kappa shape index (κ3) is 25.7. The van der Waals surface area contributed by atoms with Crippen molar-refractivity contribution in [3.8, 4) is 271 Å². The van der Waals surface area contributed by atoms with Crippen LogP contribution in [0.5, 0.6) is 23.0 Å². The second-order valence-electron chi connectivity index (χ2n) is 22.0. The number of aromatic nitrogens is 8. The summed E-state index contributed by atoms with van der Waals surface area (Å²) < 4.78 is 16.8. The molecular weight excluding hydrogens is 1630 g/mol. The van der Waals surface area contributed by atoms with Gasteiger partial charge in [-0.25, -0.2) is 4.98 Å². The number of rotatable bonds is 6. The van der Waals surface area contributed by atoms with Crippen molar-refractivity contribution in [3.63, 3.8) is 0 Å². The molecule has 14 rings (SSSR count). The van der Waals surface area contributed by atoms with Crippen molar-refractivity contribution in [1.82, 2.24) is 38.7 Å². The molecule has 14 nitrogen and oxygen atoms in total. The first-order chi connectivity index (χ1) is 56.6. The summed E-state index contributed by atoms with van der Waals surface area (Å²) in [6.45, 7) is 3.86. The molecule has 546 valence electrons. The minimum Gasteiger partial charge on any atom is -0.497 e. The Morgan fingerprint density at radius 3 is 1.24 bits per heavy atom. The Hall–Kier alpha value is -17.6. The number of imidazole rings is 2. The number of carboxylic acids is 2. The molecular formula is C101H46N8O6Pd2. The van der Waals surface area contributed by atoms with E-state index in [-0.39, 0.29) is 40.8 Å². The van der Waals surface area contributed by atoms with Crippen LogP contribution in [0.4, 0.5) is 0 Å². The fraction of sp³-hybridized carbons (Fsp3) is 0.0297. The van der Waals surface area contributed by atoms with Crippen LogP contribution in [0.3, 0.4) is 0 Å². The predicted octanol–water partition coefficient (Wildman–Crippen LogP) is 14.6. The molecule has 0 unspecified atom stereocenters. The molecule has 117 heavy (non-hydrogen) atoms. The molecule has 14 aromatic rings. The van der Waals surface area contributed by atoms with E-state index in [1.807, 2.05) is 158 Å². The molecule has 2 N–H and O–H groups in total. The van der Waals surface area contributed by atoms with E-state index in [2.05, 4.69) is 291 Å². The number of hydrogen-bond acceptors (Lipinski definition) is 10. The summed E-state index contributed by atoms with van der Waals surface area (Å²) in [6.07, 6.45) is 12.1. The Bertz CT molecular complexity index is 7280. The molecule has 0 saturated heterocycles. The van der Waals surface area contributed by atoms with Gasteiger partial charge in [-0.05, 0) is 204 Å². The molecule has 0 aliphatic heterocycles. The molecule has 8 heterocycles. The summed E-state index contributed by atoms with van der Waals surface area (Å²) in [5.74, 6) is 92.9. The van der Waals surface area contributed by atoms with Crippen LogP contribution in [0.1, 0.15) is 20.8 Å². The average molecular weight is 1680 g/mol. The van der Waals surface area contributed by atoms with Gasteiger partial charge in [-0.15, -0.1) is 36.3 Å². The minimum absolute atomic E-state index is 0. The number of terminal acetylenes is 1. The van der Waals surface area contributed by atoms with Crippen LogP contribution in [-0.2, 0) is 50.4 Å². The first-order valence-electron chi connectivity index (χ1n) is 33.7. The Labute approximate surface area is 703 Å². The summed E-state index contributed by atoms with van der Waals surface area (Å²) >= 11 is 0. The molecule has 0 aliphatic carbocycles. The predicted molar refractivity (Wildman–Crippen MR) is 449 cm³/mol. The van der Waals surface area contributed by atoms with E-state index >= 15 is 0 Å². The van der Waals surface area contributed by atoms with Gasteiger partial charge in [-0.2, -0.15) is 0 Å². The molecule has 6 aromatic carbocycles.